The van der Waals surface area contributed by atoms with Crippen LogP contribution in [0.25, 0.3) is 11.1 Å². The number of benzene rings is 2. The fourth-order valence-electron chi connectivity index (χ4n) is 2.28. The van der Waals surface area contributed by atoms with Gasteiger partial charge < -0.3 is 9.79 Å². The lowest BCUT2D eigenvalue weighted by Crippen LogP contribution is -2.08. The van der Waals surface area contributed by atoms with Crippen molar-refractivity contribution >= 4 is 22.7 Å². The van der Waals surface area contributed by atoms with Crippen LogP contribution in [0.2, 0.25) is 0 Å². The van der Waals surface area contributed by atoms with Gasteiger partial charge in [-0.25, -0.2) is 8.42 Å². The maximum atomic E-state index is 12.3. The molecule has 2 N–H and O–H groups in total. The van der Waals surface area contributed by atoms with Crippen LogP contribution in [-0.2, 0) is 14.4 Å². The van der Waals surface area contributed by atoms with E-state index in [0.29, 0.717) is 5.56 Å². The molecule has 0 fully saturated rings. The van der Waals surface area contributed by atoms with E-state index in [1.807, 2.05) is 0 Å². The number of fused-ring (bicyclic) bond motifs is 3. The van der Waals surface area contributed by atoms with Gasteiger partial charge in [-0.1, -0.05) is 24.3 Å². The van der Waals surface area contributed by atoms with Crippen molar-refractivity contribution in [1.82, 2.24) is 0 Å². The van der Waals surface area contributed by atoms with E-state index in [0.717, 1.165) is 0 Å². The molecule has 0 amide bonds. The fourth-order valence-corrected chi connectivity index (χ4v) is 4.87. The Morgan fingerprint density at radius 1 is 0.895 bits per heavy atom. The van der Waals surface area contributed by atoms with Gasteiger partial charge in [0.15, 0.2) is 0 Å². The lowest BCUT2D eigenvalue weighted by Gasteiger charge is -2.09. The molecule has 2 aromatic carbocycles. The first kappa shape index (κ1) is 12.6. The molecular formula is C12H9O5PS. The first-order valence-electron chi connectivity index (χ1n) is 5.37. The van der Waals surface area contributed by atoms with E-state index < -0.39 is 17.4 Å². The molecule has 0 saturated heterocycles. The summed E-state index contributed by atoms with van der Waals surface area (Å²) in [6, 6.07) is 10.2. The molecule has 98 valence electrons. The maximum Gasteiger partial charge on any atom is 0.356 e. The van der Waals surface area contributed by atoms with Crippen molar-refractivity contribution in [2.45, 2.75) is 9.79 Å². The van der Waals surface area contributed by atoms with Crippen LogP contribution in [-0.4, -0.2) is 18.2 Å². The molecule has 5 nitrogen and oxygen atoms in total. The molecule has 0 saturated carbocycles. The van der Waals surface area contributed by atoms with Gasteiger partial charge in [-0.05, 0) is 18.2 Å². The predicted octanol–water partition coefficient (Wildman–Crippen LogP) is 1.30. The summed E-state index contributed by atoms with van der Waals surface area (Å²) in [5.74, 6) is 0. The van der Waals surface area contributed by atoms with Crippen LogP contribution in [0, 0.1) is 0 Å². The van der Waals surface area contributed by atoms with Gasteiger partial charge in [-0.15, -0.1) is 0 Å². The van der Waals surface area contributed by atoms with Gasteiger partial charge >= 0.3 is 7.60 Å². The molecule has 0 bridgehead atoms. The van der Waals surface area contributed by atoms with E-state index in [9.17, 15) is 22.8 Å². The molecule has 1 heterocycles. The highest BCUT2D eigenvalue weighted by Crippen LogP contribution is 2.47. The van der Waals surface area contributed by atoms with Gasteiger partial charge in [0, 0.05) is 11.1 Å². The predicted molar refractivity (Wildman–Crippen MR) is 69.0 cm³/mol. The summed E-state index contributed by atoms with van der Waals surface area (Å²) in [7, 11) is -8.23. The van der Waals surface area contributed by atoms with Gasteiger partial charge in [-0.3, -0.25) is 4.57 Å². The van der Waals surface area contributed by atoms with Crippen molar-refractivity contribution < 1.29 is 22.8 Å². The van der Waals surface area contributed by atoms with Crippen molar-refractivity contribution in [2.75, 3.05) is 0 Å². The minimum atomic E-state index is -4.54. The van der Waals surface area contributed by atoms with Gasteiger partial charge in [0.05, 0.1) is 15.1 Å². The van der Waals surface area contributed by atoms with Crippen LogP contribution < -0.4 is 5.30 Å². The van der Waals surface area contributed by atoms with Crippen LogP contribution in [0.3, 0.4) is 0 Å². The second-order valence-electron chi connectivity index (χ2n) is 4.19. The Bertz CT molecular complexity index is 835. The van der Waals surface area contributed by atoms with Crippen molar-refractivity contribution in [3.8, 4) is 11.1 Å². The lowest BCUT2D eigenvalue weighted by molar-refractivity contribution is 0.387. The summed E-state index contributed by atoms with van der Waals surface area (Å²) in [6.45, 7) is 0. The Kier molecular flexibility index (Phi) is 2.50. The summed E-state index contributed by atoms with van der Waals surface area (Å²) in [5.41, 5.74) is 0.461. The maximum absolute atomic E-state index is 12.3. The molecule has 1 aliphatic heterocycles. The van der Waals surface area contributed by atoms with Crippen LogP contribution in [0.1, 0.15) is 0 Å². The van der Waals surface area contributed by atoms with Gasteiger partial charge in [-0.2, -0.15) is 0 Å². The Morgan fingerprint density at radius 3 is 2.21 bits per heavy atom. The highest BCUT2D eigenvalue weighted by Gasteiger charge is 2.37. The number of sulfone groups is 1. The summed E-state index contributed by atoms with van der Waals surface area (Å²) in [4.78, 5) is 18.8. The number of rotatable bonds is 1. The zero-order valence-corrected chi connectivity index (χ0v) is 11.2. The minimum absolute atomic E-state index is 0.0467. The Morgan fingerprint density at radius 2 is 1.53 bits per heavy atom. The van der Waals surface area contributed by atoms with Crippen molar-refractivity contribution in [3.63, 3.8) is 0 Å². The first-order chi connectivity index (χ1) is 8.83. The molecule has 7 heteroatoms. The molecular weight excluding hydrogens is 287 g/mol. The third kappa shape index (κ3) is 1.69. The van der Waals surface area contributed by atoms with Crippen LogP contribution in [0.5, 0.6) is 0 Å². The molecule has 19 heavy (non-hydrogen) atoms. The monoisotopic (exact) mass is 296 g/mol. The van der Waals surface area contributed by atoms with E-state index in [1.165, 1.54) is 24.3 Å². The smallest absolute Gasteiger partial charge is 0.321 e. The second-order valence-corrected chi connectivity index (χ2v) is 7.65. The van der Waals surface area contributed by atoms with Crippen molar-refractivity contribution in [2.24, 2.45) is 0 Å². The summed E-state index contributed by atoms with van der Waals surface area (Å²) in [6.07, 6.45) is 0. The highest BCUT2D eigenvalue weighted by molar-refractivity contribution is 7.92. The standard InChI is InChI=1S/C12H9O5PS/c13-18(14,15)9-5-3-7-11-12(9)8-4-1-2-6-10(8)19(11,16)17/h1-7H,(H2,13,14,15). The van der Waals surface area contributed by atoms with Gasteiger partial charge in [0.25, 0.3) is 0 Å². The first-order valence-corrected chi connectivity index (χ1v) is 8.46. The molecule has 0 atom stereocenters. The third-order valence-corrected chi connectivity index (χ3v) is 5.91. The SMILES string of the molecule is O=P(O)(O)c1cccc2c1-c1ccccc1S2(=O)=O. The molecule has 0 spiro atoms. The number of hydrogen-bond acceptors (Lipinski definition) is 3. The van der Waals surface area contributed by atoms with Gasteiger partial charge in [0.1, 0.15) is 0 Å². The molecule has 3 rings (SSSR count). The van der Waals surface area contributed by atoms with E-state index in [2.05, 4.69) is 0 Å². The fraction of sp³-hybridized carbons (Fsp3) is 0. The zero-order valence-electron chi connectivity index (χ0n) is 9.52. The summed E-state index contributed by atoms with van der Waals surface area (Å²) in [5, 5.41) is -0.251. The zero-order chi connectivity index (χ0) is 13.8. The van der Waals surface area contributed by atoms with Crippen molar-refractivity contribution in [1.29, 1.82) is 0 Å². The Labute approximate surface area is 109 Å². The molecule has 0 aliphatic carbocycles. The van der Waals surface area contributed by atoms with Gasteiger partial charge in [0.2, 0.25) is 9.84 Å². The molecule has 1 aliphatic rings. The highest BCUT2D eigenvalue weighted by atomic mass is 32.2. The van der Waals surface area contributed by atoms with E-state index in [-0.39, 0.29) is 20.7 Å². The largest absolute Gasteiger partial charge is 0.356 e. The third-order valence-electron chi connectivity index (χ3n) is 3.05. The summed E-state index contributed by atoms with van der Waals surface area (Å²) >= 11 is 0. The average molecular weight is 296 g/mol. The van der Waals surface area contributed by atoms with Crippen molar-refractivity contribution in [3.05, 3.63) is 42.5 Å². The normalized spacial score (nSPS) is 15.9. The minimum Gasteiger partial charge on any atom is -0.321 e. The quantitative estimate of drug-likeness (QED) is 0.660. The van der Waals surface area contributed by atoms with E-state index in [1.54, 1.807) is 18.2 Å². The lowest BCUT2D eigenvalue weighted by atomic mass is 10.1. The summed E-state index contributed by atoms with van der Waals surface area (Å²) < 4.78 is 36.1. The van der Waals surface area contributed by atoms with E-state index in [4.69, 9.17) is 0 Å². The number of hydrogen-bond donors (Lipinski definition) is 2. The Hall–Kier alpha value is -1.46. The molecule has 2 aromatic rings. The van der Waals surface area contributed by atoms with E-state index >= 15 is 0 Å². The van der Waals surface area contributed by atoms with Crippen LogP contribution in [0.15, 0.2) is 52.3 Å². The topological polar surface area (TPSA) is 91.7 Å². The van der Waals surface area contributed by atoms with Crippen LogP contribution >= 0.6 is 7.60 Å². The second kappa shape index (κ2) is 3.77. The molecule has 0 radical (unpaired) electrons. The Balaban J connectivity index is 2.52. The molecule has 0 unspecified atom stereocenters. The average Bonchev–Trinajstić information content (AvgIpc) is 2.59. The molecule has 0 aromatic heterocycles. The van der Waals surface area contributed by atoms with Crippen LogP contribution in [0.4, 0.5) is 0 Å².